The number of esters is 1. The summed E-state index contributed by atoms with van der Waals surface area (Å²) in [4.78, 5) is 12.9. The van der Waals surface area contributed by atoms with Crippen LogP contribution in [0.4, 0.5) is 0 Å². The Morgan fingerprint density at radius 2 is 1.56 bits per heavy atom. The first kappa shape index (κ1) is 23.8. The highest BCUT2D eigenvalue weighted by Crippen LogP contribution is 2.31. The molecule has 27 heavy (non-hydrogen) atoms. The molecule has 0 amide bonds. The molecule has 4 heteroatoms. The predicted molar refractivity (Wildman–Crippen MR) is 115 cm³/mol. The lowest BCUT2D eigenvalue weighted by Crippen LogP contribution is -2.12. The Labute approximate surface area is 169 Å². The minimum absolute atomic E-state index is 0.166. The second-order valence-electron chi connectivity index (χ2n) is 6.82. The van der Waals surface area contributed by atoms with Crippen LogP contribution in [-0.4, -0.2) is 25.6 Å². The standard InChI is InChI=1S/C23H36O3S/c1-4-5-6-7-8-9-10-11-13-16-20(19-22(24)25-2)23(26-3)27-21-17-14-12-15-18-21/h12,14-15,17-19,23H,4-11,13,16H2,1-3H3/b20-19+. The van der Waals surface area contributed by atoms with Crippen molar-refractivity contribution in [3.63, 3.8) is 0 Å². The average molecular weight is 393 g/mol. The van der Waals surface area contributed by atoms with Crippen molar-refractivity contribution < 1.29 is 14.3 Å². The molecule has 0 spiro atoms. The molecule has 0 aliphatic carbocycles. The maximum atomic E-state index is 11.8. The lowest BCUT2D eigenvalue weighted by Gasteiger charge is -2.19. The van der Waals surface area contributed by atoms with E-state index in [-0.39, 0.29) is 11.4 Å². The predicted octanol–water partition coefficient (Wildman–Crippen LogP) is 6.77. The molecule has 1 aromatic carbocycles. The first-order chi connectivity index (χ1) is 13.2. The molecule has 0 radical (unpaired) electrons. The highest BCUT2D eigenvalue weighted by molar-refractivity contribution is 8.00. The quantitative estimate of drug-likeness (QED) is 0.108. The summed E-state index contributed by atoms with van der Waals surface area (Å²) < 4.78 is 10.5. The van der Waals surface area contributed by atoms with Crippen molar-refractivity contribution in [2.24, 2.45) is 0 Å². The molecule has 0 heterocycles. The smallest absolute Gasteiger partial charge is 0.330 e. The van der Waals surface area contributed by atoms with E-state index >= 15 is 0 Å². The van der Waals surface area contributed by atoms with Gasteiger partial charge in [0.05, 0.1) is 7.11 Å². The van der Waals surface area contributed by atoms with Gasteiger partial charge < -0.3 is 9.47 Å². The van der Waals surface area contributed by atoms with Crippen LogP contribution >= 0.6 is 11.8 Å². The topological polar surface area (TPSA) is 35.5 Å². The number of ether oxygens (including phenoxy) is 2. The average Bonchev–Trinajstić information content (AvgIpc) is 2.70. The molecular formula is C23H36O3S. The van der Waals surface area contributed by atoms with Crippen LogP contribution in [0, 0.1) is 0 Å². The molecule has 1 rings (SSSR count). The number of hydrogen-bond acceptors (Lipinski definition) is 4. The van der Waals surface area contributed by atoms with Gasteiger partial charge in [-0.05, 0) is 30.5 Å². The van der Waals surface area contributed by atoms with Crippen LogP contribution in [0.1, 0.15) is 71.1 Å². The van der Waals surface area contributed by atoms with E-state index in [1.54, 1.807) is 24.9 Å². The zero-order chi connectivity index (χ0) is 19.7. The summed E-state index contributed by atoms with van der Waals surface area (Å²) in [7, 11) is 3.11. The normalized spacial score (nSPS) is 12.8. The molecule has 1 atom stereocenters. The number of benzene rings is 1. The Morgan fingerprint density at radius 3 is 2.11 bits per heavy atom. The number of rotatable bonds is 15. The molecule has 1 unspecified atom stereocenters. The summed E-state index contributed by atoms with van der Waals surface area (Å²) in [5.41, 5.74) is 0.835. The van der Waals surface area contributed by atoms with Gasteiger partial charge in [0.2, 0.25) is 0 Å². The van der Waals surface area contributed by atoms with Crippen LogP contribution in [0.3, 0.4) is 0 Å². The highest BCUT2D eigenvalue weighted by Gasteiger charge is 2.17. The Balaban J connectivity index is 2.46. The van der Waals surface area contributed by atoms with Gasteiger partial charge in [-0.25, -0.2) is 4.79 Å². The van der Waals surface area contributed by atoms with Gasteiger partial charge in [0.25, 0.3) is 0 Å². The molecule has 0 aromatic heterocycles. The largest absolute Gasteiger partial charge is 0.466 e. The van der Waals surface area contributed by atoms with Gasteiger partial charge in [0.15, 0.2) is 0 Å². The lowest BCUT2D eigenvalue weighted by molar-refractivity contribution is -0.134. The molecule has 0 saturated carbocycles. The summed E-state index contributed by atoms with van der Waals surface area (Å²) in [6.45, 7) is 2.25. The highest BCUT2D eigenvalue weighted by atomic mass is 32.2. The van der Waals surface area contributed by atoms with Crippen molar-refractivity contribution in [3.8, 4) is 0 Å². The second-order valence-corrected chi connectivity index (χ2v) is 7.95. The molecule has 0 saturated heterocycles. The van der Waals surface area contributed by atoms with E-state index in [2.05, 4.69) is 19.1 Å². The first-order valence-corrected chi connectivity index (χ1v) is 11.1. The van der Waals surface area contributed by atoms with Crippen molar-refractivity contribution in [2.45, 2.75) is 81.5 Å². The Kier molecular flexibility index (Phi) is 13.9. The number of unbranched alkanes of at least 4 members (excludes halogenated alkanes) is 8. The van der Waals surface area contributed by atoms with E-state index < -0.39 is 0 Å². The van der Waals surface area contributed by atoms with E-state index in [1.165, 1.54) is 58.5 Å². The minimum atomic E-state index is -0.309. The van der Waals surface area contributed by atoms with Gasteiger partial charge in [0, 0.05) is 18.1 Å². The molecule has 0 bridgehead atoms. The van der Waals surface area contributed by atoms with Gasteiger partial charge in [-0.3, -0.25) is 0 Å². The van der Waals surface area contributed by atoms with Gasteiger partial charge in [0.1, 0.15) is 5.44 Å². The fraction of sp³-hybridized carbons (Fsp3) is 0.609. The molecule has 3 nitrogen and oxygen atoms in total. The Bertz CT molecular complexity index is 528. The zero-order valence-electron chi connectivity index (χ0n) is 17.2. The monoisotopic (exact) mass is 392 g/mol. The van der Waals surface area contributed by atoms with Crippen molar-refractivity contribution >= 4 is 17.7 Å². The Hall–Kier alpha value is -1.26. The number of carbonyl (C=O) groups excluding carboxylic acids is 1. The molecule has 1 aromatic rings. The van der Waals surface area contributed by atoms with E-state index in [4.69, 9.17) is 9.47 Å². The third-order valence-corrected chi connectivity index (χ3v) is 5.83. The van der Waals surface area contributed by atoms with E-state index in [9.17, 15) is 4.79 Å². The first-order valence-electron chi connectivity index (χ1n) is 10.2. The molecular weight excluding hydrogens is 356 g/mol. The summed E-state index contributed by atoms with van der Waals surface area (Å²) in [6, 6.07) is 10.1. The lowest BCUT2D eigenvalue weighted by atomic mass is 10.0. The van der Waals surface area contributed by atoms with Crippen LogP contribution in [0.5, 0.6) is 0 Å². The summed E-state index contributed by atoms with van der Waals surface area (Å²) >= 11 is 1.63. The fourth-order valence-corrected chi connectivity index (χ4v) is 4.00. The number of thioether (sulfide) groups is 1. The molecule has 152 valence electrons. The van der Waals surface area contributed by atoms with E-state index in [1.807, 2.05) is 18.2 Å². The van der Waals surface area contributed by atoms with Gasteiger partial charge in [-0.2, -0.15) is 0 Å². The SMILES string of the molecule is CCCCCCCCCCC/C(=C\C(=O)OC)C(OC)Sc1ccccc1. The number of carbonyl (C=O) groups is 1. The number of hydrogen-bond donors (Lipinski definition) is 0. The van der Waals surface area contributed by atoms with Crippen LogP contribution in [-0.2, 0) is 14.3 Å². The van der Waals surface area contributed by atoms with Crippen LogP contribution < -0.4 is 0 Å². The van der Waals surface area contributed by atoms with Gasteiger partial charge in [-0.15, -0.1) is 0 Å². The van der Waals surface area contributed by atoms with E-state index in [0.29, 0.717) is 0 Å². The molecule has 0 fully saturated rings. The van der Waals surface area contributed by atoms with Crippen molar-refractivity contribution in [3.05, 3.63) is 42.0 Å². The van der Waals surface area contributed by atoms with Crippen LogP contribution in [0.25, 0.3) is 0 Å². The van der Waals surface area contributed by atoms with Crippen molar-refractivity contribution in [2.75, 3.05) is 14.2 Å². The molecule has 0 aliphatic rings. The zero-order valence-corrected chi connectivity index (χ0v) is 18.1. The summed E-state index contributed by atoms with van der Waals surface area (Å²) in [5.74, 6) is -0.309. The van der Waals surface area contributed by atoms with Crippen LogP contribution in [0.15, 0.2) is 46.9 Å². The van der Waals surface area contributed by atoms with Gasteiger partial charge >= 0.3 is 5.97 Å². The Morgan fingerprint density at radius 1 is 0.963 bits per heavy atom. The van der Waals surface area contributed by atoms with Crippen LogP contribution in [0.2, 0.25) is 0 Å². The minimum Gasteiger partial charge on any atom is -0.466 e. The third kappa shape index (κ3) is 11.2. The summed E-state index contributed by atoms with van der Waals surface area (Å²) in [5, 5.41) is 0. The second kappa shape index (κ2) is 15.8. The maximum absolute atomic E-state index is 11.8. The summed E-state index contributed by atoms with van der Waals surface area (Å²) in [6.07, 6.45) is 14.1. The molecule has 0 aliphatic heterocycles. The van der Waals surface area contributed by atoms with Crippen molar-refractivity contribution in [1.82, 2.24) is 0 Å². The fourth-order valence-electron chi connectivity index (χ4n) is 3.01. The van der Waals surface area contributed by atoms with Gasteiger partial charge in [-0.1, -0.05) is 88.3 Å². The van der Waals surface area contributed by atoms with E-state index in [0.717, 1.165) is 23.3 Å². The van der Waals surface area contributed by atoms with Crippen molar-refractivity contribution in [1.29, 1.82) is 0 Å². The molecule has 0 N–H and O–H groups in total. The number of methoxy groups -OCH3 is 2. The maximum Gasteiger partial charge on any atom is 0.330 e. The third-order valence-electron chi connectivity index (χ3n) is 4.58.